The van der Waals surface area contributed by atoms with Crippen LogP contribution in [0, 0.1) is 0 Å². The van der Waals surface area contributed by atoms with Crippen LogP contribution in [0.25, 0.3) is 11.3 Å². The number of hydrogen-bond donors (Lipinski definition) is 1. The number of halogens is 1. The van der Waals surface area contributed by atoms with Crippen LogP contribution in [0.5, 0.6) is 0 Å². The van der Waals surface area contributed by atoms with Crippen molar-refractivity contribution in [2.75, 3.05) is 0 Å². The maximum absolute atomic E-state index is 12.0. The van der Waals surface area contributed by atoms with E-state index in [-0.39, 0.29) is 5.76 Å². The molecule has 5 heteroatoms. The molecule has 0 radical (unpaired) electrons. The molecule has 2 aromatic carbocycles. The summed E-state index contributed by atoms with van der Waals surface area (Å²) in [4.78, 5) is 12.0. The smallest absolute Gasteiger partial charge is 0.307 e. The van der Waals surface area contributed by atoms with Gasteiger partial charge >= 0.3 is 5.91 Å². The minimum absolute atomic E-state index is 0.195. The average molecular weight is 325 g/mol. The van der Waals surface area contributed by atoms with E-state index >= 15 is 0 Å². The number of rotatable bonds is 4. The molecule has 0 fully saturated rings. The molecule has 0 atom stereocenters. The Hall–Kier alpha value is -2.85. The Morgan fingerprint density at radius 3 is 2.48 bits per heavy atom. The van der Waals surface area contributed by atoms with Gasteiger partial charge in [-0.05, 0) is 42.0 Å². The molecule has 0 saturated carbocycles. The third kappa shape index (κ3) is 3.87. The SMILES string of the molecule is O=C(N/N=C/c1ccccc1)c1ccc(-c2ccc(Cl)cc2)o1. The first-order valence-electron chi connectivity index (χ1n) is 6.96. The molecular formula is C18H13ClN2O2. The third-order valence-corrected chi connectivity index (χ3v) is 3.39. The molecule has 0 aliphatic carbocycles. The van der Waals surface area contributed by atoms with Gasteiger partial charge in [-0.1, -0.05) is 41.9 Å². The second kappa shape index (κ2) is 6.94. The Labute approximate surface area is 138 Å². The molecule has 4 nitrogen and oxygen atoms in total. The lowest BCUT2D eigenvalue weighted by atomic mass is 10.2. The van der Waals surface area contributed by atoms with Crippen LogP contribution in [0.4, 0.5) is 0 Å². The summed E-state index contributed by atoms with van der Waals surface area (Å²) in [5.74, 6) is 0.386. The van der Waals surface area contributed by atoms with E-state index in [2.05, 4.69) is 10.5 Å². The zero-order chi connectivity index (χ0) is 16.1. The van der Waals surface area contributed by atoms with Crippen molar-refractivity contribution in [1.82, 2.24) is 5.43 Å². The monoisotopic (exact) mass is 324 g/mol. The number of amides is 1. The Bertz CT molecular complexity index is 824. The number of hydrogen-bond acceptors (Lipinski definition) is 3. The predicted octanol–water partition coefficient (Wildman–Crippen LogP) is 4.36. The van der Waals surface area contributed by atoms with Gasteiger partial charge in [0.2, 0.25) is 0 Å². The van der Waals surface area contributed by atoms with Crippen molar-refractivity contribution in [3.8, 4) is 11.3 Å². The maximum atomic E-state index is 12.0. The first kappa shape index (κ1) is 15.1. The minimum Gasteiger partial charge on any atom is -0.451 e. The largest absolute Gasteiger partial charge is 0.451 e. The van der Waals surface area contributed by atoms with Crippen LogP contribution in [-0.4, -0.2) is 12.1 Å². The first-order chi connectivity index (χ1) is 11.2. The molecule has 3 rings (SSSR count). The van der Waals surface area contributed by atoms with Gasteiger partial charge in [0.15, 0.2) is 5.76 Å². The summed E-state index contributed by atoms with van der Waals surface area (Å²) in [5, 5.41) is 4.56. The molecular weight excluding hydrogens is 312 g/mol. The minimum atomic E-state index is -0.405. The lowest BCUT2D eigenvalue weighted by Gasteiger charge is -1.98. The van der Waals surface area contributed by atoms with Crippen LogP contribution < -0.4 is 5.43 Å². The fraction of sp³-hybridized carbons (Fsp3) is 0. The summed E-state index contributed by atoms with van der Waals surface area (Å²) < 4.78 is 5.55. The van der Waals surface area contributed by atoms with Crippen LogP contribution >= 0.6 is 11.6 Å². The number of carbonyl (C=O) groups excluding carboxylic acids is 1. The summed E-state index contributed by atoms with van der Waals surface area (Å²) in [6.07, 6.45) is 1.57. The molecule has 0 unspecified atom stereocenters. The van der Waals surface area contributed by atoms with Crippen LogP contribution in [0.1, 0.15) is 16.1 Å². The van der Waals surface area contributed by atoms with Gasteiger partial charge in [0.1, 0.15) is 5.76 Å². The first-order valence-corrected chi connectivity index (χ1v) is 7.34. The quantitative estimate of drug-likeness (QED) is 0.572. The van der Waals surface area contributed by atoms with E-state index in [4.69, 9.17) is 16.0 Å². The van der Waals surface area contributed by atoms with E-state index in [0.717, 1.165) is 11.1 Å². The average Bonchev–Trinajstić information content (AvgIpc) is 3.06. The Balaban J connectivity index is 1.67. The van der Waals surface area contributed by atoms with Crippen molar-refractivity contribution in [1.29, 1.82) is 0 Å². The van der Waals surface area contributed by atoms with E-state index in [1.807, 2.05) is 42.5 Å². The van der Waals surface area contributed by atoms with Gasteiger partial charge in [-0.15, -0.1) is 0 Å². The van der Waals surface area contributed by atoms with Gasteiger partial charge in [-0.2, -0.15) is 5.10 Å². The van der Waals surface area contributed by atoms with E-state index in [0.29, 0.717) is 10.8 Å². The Morgan fingerprint density at radius 1 is 1.00 bits per heavy atom. The number of nitrogens with zero attached hydrogens (tertiary/aromatic N) is 1. The summed E-state index contributed by atoms with van der Waals surface area (Å²) in [6, 6.07) is 20.0. The van der Waals surface area contributed by atoms with Gasteiger partial charge in [0, 0.05) is 10.6 Å². The zero-order valence-corrected chi connectivity index (χ0v) is 12.8. The lowest BCUT2D eigenvalue weighted by Crippen LogP contribution is -2.16. The molecule has 23 heavy (non-hydrogen) atoms. The fourth-order valence-corrected chi connectivity index (χ4v) is 2.11. The van der Waals surface area contributed by atoms with Gasteiger partial charge in [0.25, 0.3) is 0 Å². The fourth-order valence-electron chi connectivity index (χ4n) is 1.99. The molecule has 3 aromatic rings. The normalized spacial score (nSPS) is 10.8. The molecule has 114 valence electrons. The number of hydrazone groups is 1. The number of benzene rings is 2. The lowest BCUT2D eigenvalue weighted by molar-refractivity contribution is 0.0928. The Kier molecular flexibility index (Phi) is 4.54. The van der Waals surface area contributed by atoms with Crippen LogP contribution in [-0.2, 0) is 0 Å². The van der Waals surface area contributed by atoms with Gasteiger partial charge < -0.3 is 4.42 Å². The molecule has 0 spiro atoms. The van der Waals surface area contributed by atoms with Crippen molar-refractivity contribution >= 4 is 23.7 Å². The van der Waals surface area contributed by atoms with Crippen molar-refractivity contribution in [2.24, 2.45) is 5.10 Å². The van der Waals surface area contributed by atoms with Crippen molar-refractivity contribution in [2.45, 2.75) is 0 Å². The second-order valence-corrected chi connectivity index (χ2v) is 5.22. The summed E-state index contributed by atoms with van der Waals surface area (Å²) in [5.41, 5.74) is 4.18. The van der Waals surface area contributed by atoms with Crippen molar-refractivity contribution < 1.29 is 9.21 Å². The van der Waals surface area contributed by atoms with E-state index < -0.39 is 5.91 Å². The van der Waals surface area contributed by atoms with Crippen molar-refractivity contribution in [3.63, 3.8) is 0 Å². The second-order valence-electron chi connectivity index (χ2n) is 4.78. The molecule has 0 aliphatic rings. The molecule has 0 saturated heterocycles. The summed E-state index contributed by atoms with van der Waals surface area (Å²) in [6.45, 7) is 0. The molecule has 0 bridgehead atoms. The standard InChI is InChI=1S/C18H13ClN2O2/c19-15-8-6-14(7-9-15)16-10-11-17(23-16)18(22)21-20-12-13-4-2-1-3-5-13/h1-12H,(H,21,22)/b20-12+. The van der Waals surface area contributed by atoms with Gasteiger partial charge in [-0.25, -0.2) is 5.43 Å². The highest BCUT2D eigenvalue weighted by Crippen LogP contribution is 2.23. The highest BCUT2D eigenvalue weighted by Gasteiger charge is 2.11. The van der Waals surface area contributed by atoms with Gasteiger partial charge in [0.05, 0.1) is 6.21 Å². The zero-order valence-electron chi connectivity index (χ0n) is 12.1. The molecule has 1 aromatic heterocycles. The van der Waals surface area contributed by atoms with Crippen LogP contribution in [0.3, 0.4) is 0 Å². The molecule has 1 amide bonds. The maximum Gasteiger partial charge on any atom is 0.307 e. The summed E-state index contributed by atoms with van der Waals surface area (Å²) in [7, 11) is 0. The highest BCUT2D eigenvalue weighted by molar-refractivity contribution is 6.30. The van der Waals surface area contributed by atoms with Crippen molar-refractivity contribution in [3.05, 3.63) is 83.1 Å². The van der Waals surface area contributed by atoms with E-state index in [1.54, 1.807) is 30.5 Å². The topological polar surface area (TPSA) is 54.6 Å². The number of carbonyl (C=O) groups is 1. The number of furan rings is 1. The van der Waals surface area contributed by atoms with E-state index in [1.165, 1.54) is 0 Å². The molecule has 0 aliphatic heterocycles. The predicted molar refractivity (Wildman–Crippen MR) is 90.7 cm³/mol. The van der Waals surface area contributed by atoms with Gasteiger partial charge in [-0.3, -0.25) is 4.79 Å². The number of nitrogens with one attached hydrogen (secondary N) is 1. The molecule has 1 heterocycles. The Morgan fingerprint density at radius 2 is 1.74 bits per heavy atom. The van der Waals surface area contributed by atoms with Crippen LogP contribution in [0.2, 0.25) is 5.02 Å². The van der Waals surface area contributed by atoms with Crippen LogP contribution in [0.15, 0.2) is 76.2 Å². The summed E-state index contributed by atoms with van der Waals surface area (Å²) >= 11 is 5.85. The molecule has 1 N–H and O–H groups in total. The van der Waals surface area contributed by atoms with E-state index in [9.17, 15) is 4.79 Å². The highest BCUT2D eigenvalue weighted by atomic mass is 35.5. The third-order valence-electron chi connectivity index (χ3n) is 3.14.